The van der Waals surface area contributed by atoms with Crippen molar-refractivity contribution in [2.45, 2.75) is 13.0 Å². The normalized spacial score (nSPS) is 14.3. The Kier molecular flexibility index (Phi) is 4.61. The van der Waals surface area contributed by atoms with Gasteiger partial charge in [-0.3, -0.25) is 0 Å². The summed E-state index contributed by atoms with van der Waals surface area (Å²) in [6.07, 6.45) is -0.315. The molecular formula is C5H15N3O. The first-order valence-electron chi connectivity index (χ1n) is 3.01. The van der Waals surface area contributed by atoms with Crippen LogP contribution in [-0.2, 0) is 0 Å². The lowest BCUT2D eigenvalue weighted by Crippen LogP contribution is -2.47. The minimum atomic E-state index is -0.315. The van der Waals surface area contributed by atoms with E-state index in [-0.39, 0.29) is 6.10 Å². The molecule has 0 radical (unpaired) electrons. The van der Waals surface area contributed by atoms with E-state index in [1.54, 1.807) is 26.1 Å². The Morgan fingerprint density at radius 1 is 1.44 bits per heavy atom. The summed E-state index contributed by atoms with van der Waals surface area (Å²) in [5.41, 5.74) is 5.69. The molecule has 0 aliphatic heterocycles. The summed E-state index contributed by atoms with van der Waals surface area (Å²) in [5.74, 6) is 0. The van der Waals surface area contributed by atoms with Crippen LogP contribution in [0, 0.1) is 0 Å². The molecule has 0 saturated carbocycles. The number of rotatable bonds is 4. The van der Waals surface area contributed by atoms with Crippen LogP contribution in [0.15, 0.2) is 0 Å². The van der Waals surface area contributed by atoms with Crippen LogP contribution in [0.25, 0.3) is 0 Å². The van der Waals surface area contributed by atoms with Crippen LogP contribution >= 0.6 is 0 Å². The number of hydrogen-bond donors (Lipinski definition) is 3. The Morgan fingerprint density at radius 2 is 1.89 bits per heavy atom. The third-order valence-electron chi connectivity index (χ3n) is 0.987. The number of aliphatic hydroxyl groups excluding tert-OH is 1. The maximum atomic E-state index is 8.86. The van der Waals surface area contributed by atoms with Gasteiger partial charge in [-0.15, -0.1) is 0 Å². The summed E-state index contributed by atoms with van der Waals surface area (Å²) >= 11 is 0. The van der Waals surface area contributed by atoms with Crippen LogP contribution in [0.5, 0.6) is 0 Å². The molecule has 3 N–H and O–H groups in total. The molecule has 0 aromatic carbocycles. The highest BCUT2D eigenvalue weighted by Crippen LogP contribution is 1.80. The van der Waals surface area contributed by atoms with Crippen molar-refractivity contribution in [3.8, 4) is 0 Å². The zero-order valence-corrected chi connectivity index (χ0v) is 6.18. The van der Waals surface area contributed by atoms with Crippen molar-refractivity contribution >= 4 is 0 Å². The van der Waals surface area contributed by atoms with Crippen LogP contribution < -0.4 is 10.9 Å². The fraction of sp³-hybridized carbons (Fsp3) is 1.00. The van der Waals surface area contributed by atoms with Crippen molar-refractivity contribution < 1.29 is 5.11 Å². The van der Waals surface area contributed by atoms with E-state index in [2.05, 4.69) is 10.9 Å². The van der Waals surface area contributed by atoms with Gasteiger partial charge in [-0.05, 0) is 6.92 Å². The van der Waals surface area contributed by atoms with Gasteiger partial charge in [0.15, 0.2) is 0 Å². The Morgan fingerprint density at radius 3 is 2.00 bits per heavy atom. The maximum absolute atomic E-state index is 8.86. The fourth-order valence-electron chi connectivity index (χ4n) is 0.559. The summed E-state index contributed by atoms with van der Waals surface area (Å²) < 4.78 is 0. The van der Waals surface area contributed by atoms with Crippen molar-refractivity contribution in [2.24, 2.45) is 0 Å². The quantitative estimate of drug-likeness (QED) is 0.428. The minimum absolute atomic E-state index is 0.315. The third-order valence-corrected chi connectivity index (χ3v) is 0.987. The molecule has 1 unspecified atom stereocenters. The molecule has 0 aliphatic rings. The molecule has 0 rings (SSSR count). The lowest BCUT2D eigenvalue weighted by atomic mass is 10.4. The second-order valence-electron chi connectivity index (χ2n) is 1.91. The van der Waals surface area contributed by atoms with E-state index < -0.39 is 0 Å². The van der Waals surface area contributed by atoms with Crippen LogP contribution in [0.3, 0.4) is 0 Å². The maximum Gasteiger partial charge on any atom is 0.0667 e. The van der Waals surface area contributed by atoms with E-state index in [1.165, 1.54) is 0 Å². The van der Waals surface area contributed by atoms with Gasteiger partial charge in [-0.2, -0.15) is 5.12 Å². The zero-order valence-electron chi connectivity index (χ0n) is 6.18. The predicted octanol–water partition coefficient (Wildman–Crippen LogP) is -1.06. The number of aliphatic hydroxyl groups is 1. The van der Waals surface area contributed by atoms with Gasteiger partial charge in [0.25, 0.3) is 0 Å². The van der Waals surface area contributed by atoms with E-state index in [1.807, 2.05) is 0 Å². The molecule has 0 spiro atoms. The second kappa shape index (κ2) is 4.69. The van der Waals surface area contributed by atoms with Crippen molar-refractivity contribution in [3.05, 3.63) is 0 Å². The van der Waals surface area contributed by atoms with E-state index in [0.29, 0.717) is 6.54 Å². The van der Waals surface area contributed by atoms with Crippen molar-refractivity contribution in [1.29, 1.82) is 0 Å². The monoisotopic (exact) mass is 133 g/mol. The first-order valence-corrected chi connectivity index (χ1v) is 3.01. The Labute approximate surface area is 55.8 Å². The molecule has 0 amide bonds. The van der Waals surface area contributed by atoms with Crippen molar-refractivity contribution in [3.63, 3.8) is 0 Å². The van der Waals surface area contributed by atoms with Gasteiger partial charge in [0.05, 0.1) is 12.6 Å². The molecule has 0 aliphatic carbocycles. The van der Waals surface area contributed by atoms with Gasteiger partial charge >= 0.3 is 0 Å². The number of hydrazine groups is 2. The van der Waals surface area contributed by atoms with Crippen molar-refractivity contribution in [2.75, 3.05) is 20.6 Å². The molecule has 9 heavy (non-hydrogen) atoms. The smallest absolute Gasteiger partial charge is 0.0667 e. The number of nitrogens with zero attached hydrogens (tertiary/aromatic N) is 1. The molecule has 0 aromatic rings. The summed E-state index contributed by atoms with van der Waals surface area (Å²) in [6, 6.07) is 0. The van der Waals surface area contributed by atoms with Crippen LogP contribution in [0.2, 0.25) is 0 Å². The first kappa shape index (κ1) is 8.84. The standard InChI is InChI=1S/C5H15N3O/c1-5(9)4-8(6-2)7-3/h5-7,9H,4H2,1-3H3. The van der Waals surface area contributed by atoms with E-state index in [9.17, 15) is 0 Å². The van der Waals surface area contributed by atoms with Gasteiger partial charge in [-0.1, -0.05) is 0 Å². The van der Waals surface area contributed by atoms with Crippen LogP contribution in [-0.4, -0.2) is 37.0 Å². The lowest BCUT2D eigenvalue weighted by molar-refractivity contribution is 0.0676. The molecule has 4 heteroatoms. The van der Waals surface area contributed by atoms with Crippen LogP contribution in [0.4, 0.5) is 0 Å². The number of nitrogens with one attached hydrogen (secondary N) is 2. The number of hydrogen-bond acceptors (Lipinski definition) is 4. The topological polar surface area (TPSA) is 47.5 Å². The molecule has 0 bridgehead atoms. The Balaban J connectivity index is 3.31. The Bertz CT molecular complexity index is 63.2. The molecule has 0 saturated heterocycles. The molecule has 1 atom stereocenters. The molecule has 4 nitrogen and oxygen atoms in total. The molecule has 0 aromatic heterocycles. The van der Waals surface area contributed by atoms with Crippen molar-refractivity contribution in [1.82, 2.24) is 16.0 Å². The SMILES string of the molecule is CNN(CC(C)O)NC. The highest BCUT2D eigenvalue weighted by atomic mass is 16.3. The average molecular weight is 133 g/mol. The van der Waals surface area contributed by atoms with Gasteiger partial charge in [0, 0.05) is 14.1 Å². The summed E-state index contributed by atoms with van der Waals surface area (Å²) in [4.78, 5) is 0. The fourth-order valence-corrected chi connectivity index (χ4v) is 0.559. The Hall–Kier alpha value is -0.160. The summed E-state index contributed by atoms with van der Waals surface area (Å²) in [5, 5.41) is 10.6. The highest BCUT2D eigenvalue weighted by molar-refractivity contribution is 4.48. The summed E-state index contributed by atoms with van der Waals surface area (Å²) in [7, 11) is 3.58. The van der Waals surface area contributed by atoms with Gasteiger partial charge < -0.3 is 5.11 Å². The first-order chi connectivity index (χ1) is 4.20. The lowest BCUT2D eigenvalue weighted by Gasteiger charge is -2.20. The zero-order chi connectivity index (χ0) is 7.28. The van der Waals surface area contributed by atoms with Crippen LogP contribution in [0.1, 0.15) is 6.92 Å². The van der Waals surface area contributed by atoms with Gasteiger partial charge in [0.2, 0.25) is 0 Å². The molecular weight excluding hydrogens is 118 g/mol. The van der Waals surface area contributed by atoms with E-state index >= 15 is 0 Å². The highest BCUT2D eigenvalue weighted by Gasteiger charge is 2.00. The minimum Gasteiger partial charge on any atom is -0.392 e. The average Bonchev–Trinajstić information content (AvgIpc) is 1.82. The summed E-state index contributed by atoms with van der Waals surface area (Å²) in [6.45, 7) is 2.31. The molecule has 0 heterocycles. The molecule has 56 valence electrons. The predicted molar refractivity (Wildman–Crippen MR) is 36.5 cm³/mol. The second-order valence-corrected chi connectivity index (χ2v) is 1.91. The molecule has 0 fully saturated rings. The van der Waals surface area contributed by atoms with E-state index in [0.717, 1.165) is 0 Å². The van der Waals surface area contributed by atoms with E-state index in [4.69, 9.17) is 5.11 Å². The largest absolute Gasteiger partial charge is 0.392 e. The van der Waals surface area contributed by atoms with Gasteiger partial charge in [-0.25, -0.2) is 10.9 Å². The third kappa shape index (κ3) is 4.35. The van der Waals surface area contributed by atoms with Gasteiger partial charge in [0.1, 0.15) is 0 Å².